The molecule has 286 valence electrons. The van der Waals surface area contributed by atoms with Gasteiger partial charge in [-0.05, 0) is 144 Å². The van der Waals surface area contributed by atoms with E-state index in [4.69, 9.17) is 0 Å². The molecular formula is C47H62O6. The van der Waals surface area contributed by atoms with Gasteiger partial charge in [0.05, 0.1) is 31.0 Å². The van der Waals surface area contributed by atoms with Crippen LogP contribution in [0.15, 0.2) is 48.1 Å². The minimum Gasteiger partial charge on any atom is -0.396 e. The fraction of sp³-hybridized carbons (Fsp3) is 0.723. The van der Waals surface area contributed by atoms with Gasteiger partial charge in [0.2, 0.25) is 0 Å². The molecule has 9 aliphatic carbocycles. The predicted molar refractivity (Wildman–Crippen MR) is 204 cm³/mol. The average molecular weight is 723 g/mol. The number of carbonyl (C=O) groups is 1. The number of ketones is 1. The Morgan fingerprint density at radius 1 is 0.887 bits per heavy atom. The number of rotatable bonds is 3. The molecule has 6 nitrogen and oxygen atoms in total. The average Bonchev–Trinajstić information content (AvgIpc) is 3.50. The molecule has 10 rings (SSSR count). The van der Waals surface area contributed by atoms with Crippen LogP contribution in [-0.2, 0) is 4.79 Å². The Balaban J connectivity index is 1.24. The maximum absolute atomic E-state index is 15.9. The van der Waals surface area contributed by atoms with Crippen LogP contribution < -0.4 is 10.4 Å². The standard InChI is InChI=1S/C47H62O6/c1-40(2)23-34-33-22-35(50)39-43(41(33,3)26-45(53)18-12-31-10-7-15-44(31,25-40)47(34,45)27-49)16-11-30-20-28-8-5-6-9-29(28)21-32(30)46(39)19-14-37(51)42(4,38(52)24-48)36(46)13-17-43/h5-6,8-9,12,18,20-22,30-32,34,36-39,48-49,51-53H,7,10-11,13-17,19,23-27H2,1-4H3/t30-,31-,32+,34+,36+,37-,38+,39+,41+,42-,43-,44+,45+,46-,47+/m0/s1. The second-order valence-corrected chi connectivity index (χ2v) is 21.3. The fourth-order valence-corrected chi connectivity index (χ4v) is 17.7. The molecule has 0 aliphatic heterocycles. The molecule has 0 amide bonds. The van der Waals surface area contributed by atoms with Gasteiger partial charge < -0.3 is 25.5 Å². The highest BCUT2D eigenvalue weighted by Gasteiger charge is 2.81. The van der Waals surface area contributed by atoms with Crippen molar-refractivity contribution < 1.29 is 30.3 Å². The molecule has 0 saturated heterocycles. The molecule has 1 aromatic carbocycles. The number of aliphatic hydroxyl groups is 5. The van der Waals surface area contributed by atoms with E-state index in [1.807, 2.05) is 6.92 Å². The quantitative estimate of drug-likeness (QED) is 0.273. The monoisotopic (exact) mass is 722 g/mol. The fourth-order valence-electron chi connectivity index (χ4n) is 17.7. The number of hydrogen-bond donors (Lipinski definition) is 5. The highest BCUT2D eigenvalue weighted by atomic mass is 16.3. The molecule has 2 spiro atoms. The number of allylic oxidation sites excluding steroid dienone is 3. The zero-order valence-corrected chi connectivity index (χ0v) is 32.4. The Labute approximate surface area is 315 Å². The molecule has 15 atom stereocenters. The highest BCUT2D eigenvalue weighted by Crippen LogP contribution is 2.84. The Hall–Kier alpha value is -2.09. The zero-order valence-electron chi connectivity index (χ0n) is 32.4. The summed E-state index contributed by atoms with van der Waals surface area (Å²) in [5.74, 6) is 0.0856. The van der Waals surface area contributed by atoms with Gasteiger partial charge in [0.15, 0.2) is 5.78 Å². The van der Waals surface area contributed by atoms with E-state index in [1.165, 1.54) is 16.0 Å². The van der Waals surface area contributed by atoms with E-state index in [9.17, 15) is 25.5 Å². The van der Waals surface area contributed by atoms with Crippen LogP contribution in [0.4, 0.5) is 0 Å². The van der Waals surface area contributed by atoms with Crippen LogP contribution in [0.3, 0.4) is 0 Å². The van der Waals surface area contributed by atoms with Crippen molar-refractivity contribution in [3.63, 3.8) is 0 Å². The van der Waals surface area contributed by atoms with Gasteiger partial charge in [0, 0.05) is 16.7 Å². The van der Waals surface area contributed by atoms with Gasteiger partial charge in [0.25, 0.3) is 0 Å². The predicted octanol–water partition coefficient (Wildman–Crippen LogP) is 5.22. The van der Waals surface area contributed by atoms with E-state index in [0.717, 1.165) is 57.8 Å². The van der Waals surface area contributed by atoms with Crippen molar-refractivity contribution in [3.05, 3.63) is 58.5 Å². The largest absolute Gasteiger partial charge is 0.396 e. The van der Waals surface area contributed by atoms with Crippen molar-refractivity contribution in [1.29, 1.82) is 0 Å². The van der Waals surface area contributed by atoms with Gasteiger partial charge in [-0.1, -0.05) is 88.3 Å². The summed E-state index contributed by atoms with van der Waals surface area (Å²) in [5, 5.41) is 62.1. The first-order chi connectivity index (χ1) is 25.1. The Morgan fingerprint density at radius 2 is 1.62 bits per heavy atom. The minimum absolute atomic E-state index is 0.0105. The van der Waals surface area contributed by atoms with E-state index < -0.39 is 51.5 Å². The van der Waals surface area contributed by atoms with Gasteiger partial charge >= 0.3 is 0 Å². The first-order valence-electron chi connectivity index (χ1n) is 21.2. The summed E-state index contributed by atoms with van der Waals surface area (Å²) < 4.78 is 0. The summed E-state index contributed by atoms with van der Waals surface area (Å²) in [6, 6.07) is 8.58. The van der Waals surface area contributed by atoms with Gasteiger partial charge in [0.1, 0.15) is 0 Å². The lowest BCUT2D eigenvalue weighted by Gasteiger charge is -2.77. The van der Waals surface area contributed by atoms with Crippen LogP contribution >= 0.6 is 0 Å². The van der Waals surface area contributed by atoms with Crippen LogP contribution in [0.1, 0.15) is 105 Å². The van der Waals surface area contributed by atoms with Gasteiger partial charge in [-0.2, -0.15) is 0 Å². The van der Waals surface area contributed by atoms with Crippen molar-refractivity contribution in [2.24, 2.45) is 73.4 Å². The number of aliphatic hydroxyl groups excluding tert-OH is 4. The zero-order chi connectivity index (χ0) is 37.2. The number of carbonyl (C=O) groups excluding carboxylic acids is 1. The molecule has 5 N–H and O–H groups in total. The lowest BCUT2D eigenvalue weighted by Crippen LogP contribution is -2.77. The van der Waals surface area contributed by atoms with E-state index in [-0.39, 0.29) is 52.8 Å². The van der Waals surface area contributed by atoms with Crippen LogP contribution in [0.25, 0.3) is 12.2 Å². The number of benzene rings is 1. The molecule has 1 aromatic rings. The maximum atomic E-state index is 15.9. The van der Waals surface area contributed by atoms with Gasteiger partial charge in [-0.3, -0.25) is 4.79 Å². The van der Waals surface area contributed by atoms with Crippen molar-refractivity contribution in [1.82, 2.24) is 0 Å². The summed E-state index contributed by atoms with van der Waals surface area (Å²) in [6.07, 6.45) is 19.6. The first-order valence-corrected chi connectivity index (χ1v) is 21.2. The molecule has 0 unspecified atom stereocenters. The third kappa shape index (κ3) is 3.83. The maximum Gasteiger partial charge on any atom is 0.159 e. The van der Waals surface area contributed by atoms with Crippen LogP contribution in [0.5, 0.6) is 0 Å². The molecule has 9 aliphatic rings. The SMILES string of the molecule is CC1(C)C[C@@H]2C3=CC(=O)[C@H]4[C@]56CC[C@H](O)[C@@](C)([C@H](O)CO)[C@H]5CC[C@]4(CC[C@H]4C=c5ccccc5=C[C@H]46)[C@]3(C)C[C@]3(O)C=C[C@@H]4CCC[C@]4(C1)[C@@]23CO. The van der Waals surface area contributed by atoms with Gasteiger partial charge in [-0.15, -0.1) is 0 Å². The summed E-state index contributed by atoms with van der Waals surface area (Å²) >= 11 is 0. The third-order valence-electron chi connectivity index (χ3n) is 19.4. The molecule has 2 bridgehead atoms. The topological polar surface area (TPSA) is 118 Å². The molecule has 6 heteroatoms. The Morgan fingerprint density at radius 3 is 2.36 bits per heavy atom. The van der Waals surface area contributed by atoms with Crippen molar-refractivity contribution >= 4 is 17.9 Å². The first kappa shape index (κ1) is 35.3. The third-order valence-corrected chi connectivity index (χ3v) is 19.4. The Bertz CT molecular complexity index is 1940. The molecule has 6 saturated carbocycles. The van der Waals surface area contributed by atoms with Crippen LogP contribution in [0.2, 0.25) is 0 Å². The van der Waals surface area contributed by atoms with Crippen molar-refractivity contribution in [3.8, 4) is 0 Å². The number of fused-ring (bicyclic) bond motifs is 4. The second kappa shape index (κ2) is 10.8. The summed E-state index contributed by atoms with van der Waals surface area (Å²) in [7, 11) is 0. The van der Waals surface area contributed by atoms with Crippen molar-refractivity contribution in [2.45, 2.75) is 123 Å². The molecule has 0 heterocycles. The van der Waals surface area contributed by atoms with Crippen LogP contribution in [0, 0.1) is 73.4 Å². The minimum atomic E-state index is -1.21. The number of hydrogen-bond acceptors (Lipinski definition) is 6. The lowest BCUT2D eigenvalue weighted by molar-refractivity contribution is -0.284. The van der Waals surface area contributed by atoms with E-state index in [1.54, 1.807) is 0 Å². The van der Waals surface area contributed by atoms with Crippen molar-refractivity contribution in [2.75, 3.05) is 13.2 Å². The molecule has 0 aromatic heterocycles. The molecular weight excluding hydrogens is 661 g/mol. The van der Waals surface area contributed by atoms with E-state index in [0.29, 0.717) is 25.2 Å². The summed E-state index contributed by atoms with van der Waals surface area (Å²) in [6.45, 7) is 8.66. The molecule has 0 radical (unpaired) electrons. The molecule has 6 fully saturated rings. The van der Waals surface area contributed by atoms with Gasteiger partial charge in [-0.25, -0.2) is 0 Å². The second-order valence-electron chi connectivity index (χ2n) is 21.3. The van der Waals surface area contributed by atoms with E-state index >= 15 is 4.79 Å². The lowest BCUT2D eigenvalue weighted by atomic mass is 9.27. The van der Waals surface area contributed by atoms with Crippen LogP contribution in [-0.4, -0.2) is 62.3 Å². The van der Waals surface area contributed by atoms with E-state index in [2.05, 4.69) is 75.4 Å². The highest BCUT2D eigenvalue weighted by molar-refractivity contribution is 5.96. The molecule has 53 heavy (non-hydrogen) atoms. The summed E-state index contributed by atoms with van der Waals surface area (Å²) in [5.41, 5.74) is -3.47. The smallest absolute Gasteiger partial charge is 0.159 e. The summed E-state index contributed by atoms with van der Waals surface area (Å²) in [4.78, 5) is 15.9. The Kier molecular flexibility index (Phi) is 7.23. The normalized spacial score (nSPS) is 53.0.